The van der Waals surface area contributed by atoms with Gasteiger partial charge in [-0.1, -0.05) is 48.5 Å². The first kappa shape index (κ1) is 20.2. The molecular weight excluding hydrogens is 362 g/mol. The molecular formula is C21H23NO6. The van der Waals surface area contributed by atoms with E-state index in [1.165, 1.54) is 0 Å². The molecule has 1 amide bonds. The Bertz CT molecular complexity index is 812. The van der Waals surface area contributed by atoms with Crippen LogP contribution in [0.5, 0.6) is 0 Å². The van der Waals surface area contributed by atoms with Crippen LogP contribution >= 0.6 is 0 Å². The number of ether oxygens (including phenoxy) is 1. The summed E-state index contributed by atoms with van der Waals surface area (Å²) in [6.07, 6.45) is -4.36. The van der Waals surface area contributed by atoms with Gasteiger partial charge >= 0.3 is 0 Å². The zero-order chi connectivity index (χ0) is 20.1. The Morgan fingerprint density at radius 1 is 0.964 bits per heavy atom. The molecule has 2 aromatic carbocycles. The molecule has 1 aliphatic rings. The molecule has 0 spiro atoms. The van der Waals surface area contributed by atoms with Crippen molar-refractivity contribution in [3.63, 3.8) is 0 Å². The topological polar surface area (TPSA) is 116 Å². The monoisotopic (exact) mass is 385 g/mol. The van der Waals surface area contributed by atoms with E-state index in [9.17, 15) is 24.9 Å². The van der Waals surface area contributed by atoms with Gasteiger partial charge in [-0.2, -0.15) is 0 Å². The fourth-order valence-corrected chi connectivity index (χ4v) is 3.22. The lowest BCUT2D eigenvalue weighted by Crippen LogP contribution is -2.50. The van der Waals surface area contributed by atoms with Crippen molar-refractivity contribution in [3.8, 4) is 0 Å². The molecule has 1 heterocycles. The van der Waals surface area contributed by atoms with Crippen LogP contribution in [-0.4, -0.2) is 57.7 Å². The summed E-state index contributed by atoms with van der Waals surface area (Å²) >= 11 is 0. The molecule has 0 aromatic heterocycles. The van der Waals surface area contributed by atoms with E-state index in [2.05, 4.69) is 5.32 Å². The van der Waals surface area contributed by atoms with Gasteiger partial charge < -0.3 is 25.4 Å². The van der Waals surface area contributed by atoms with Crippen molar-refractivity contribution in [2.75, 3.05) is 6.54 Å². The number of amides is 1. The van der Waals surface area contributed by atoms with E-state index in [-0.39, 0.29) is 31.1 Å². The fraction of sp³-hybridized carbons (Fsp3) is 0.333. The molecule has 0 saturated carbocycles. The Balaban J connectivity index is 1.57. The fourth-order valence-electron chi connectivity index (χ4n) is 3.22. The Morgan fingerprint density at radius 2 is 1.54 bits per heavy atom. The predicted molar refractivity (Wildman–Crippen MR) is 101 cm³/mol. The molecule has 0 radical (unpaired) electrons. The standard InChI is InChI=1S/C21H23NO6/c23-16(14-7-3-1-4-8-14)11-12-21(27)18(24)17(28-20(21)26)13-22-19(25)15-9-5-2-6-10-15/h1-10,17-18,20,24,26-27H,11-13H2,(H,22,25)/t17-,18-,20?,21-/m1/s1. The van der Waals surface area contributed by atoms with Crippen LogP contribution in [0, 0.1) is 0 Å². The number of Topliss-reactive ketones (excluding diaryl/α,β-unsaturated/α-hetero) is 1. The number of hydrogen-bond donors (Lipinski definition) is 4. The van der Waals surface area contributed by atoms with Gasteiger partial charge in [-0.15, -0.1) is 0 Å². The second-order valence-electron chi connectivity index (χ2n) is 6.83. The molecule has 7 nitrogen and oxygen atoms in total. The summed E-state index contributed by atoms with van der Waals surface area (Å²) in [6, 6.07) is 17.1. The zero-order valence-electron chi connectivity index (χ0n) is 15.2. The Kier molecular flexibility index (Phi) is 6.21. The van der Waals surface area contributed by atoms with Crippen molar-refractivity contribution in [1.82, 2.24) is 5.32 Å². The molecule has 28 heavy (non-hydrogen) atoms. The largest absolute Gasteiger partial charge is 0.387 e. The van der Waals surface area contributed by atoms with Crippen LogP contribution < -0.4 is 5.32 Å². The number of hydrogen-bond acceptors (Lipinski definition) is 6. The van der Waals surface area contributed by atoms with Crippen LogP contribution in [0.15, 0.2) is 60.7 Å². The minimum Gasteiger partial charge on any atom is -0.387 e. The van der Waals surface area contributed by atoms with Gasteiger partial charge in [-0.25, -0.2) is 0 Å². The van der Waals surface area contributed by atoms with Gasteiger partial charge in [0.15, 0.2) is 12.1 Å². The SMILES string of the molecule is O=C(CC[C@]1(O)C(O)O[C@H](CNC(=O)c2ccccc2)[C@H]1O)c1ccccc1. The van der Waals surface area contributed by atoms with Crippen LogP contribution in [0.3, 0.4) is 0 Å². The molecule has 4 N–H and O–H groups in total. The lowest BCUT2D eigenvalue weighted by atomic mass is 9.88. The summed E-state index contributed by atoms with van der Waals surface area (Å²) in [5.41, 5.74) is -1.06. The highest BCUT2D eigenvalue weighted by Gasteiger charge is 2.54. The average Bonchev–Trinajstić information content (AvgIpc) is 2.95. The molecule has 1 saturated heterocycles. The quantitative estimate of drug-likeness (QED) is 0.526. The van der Waals surface area contributed by atoms with Gasteiger partial charge in [-0.05, 0) is 18.6 Å². The van der Waals surface area contributed by atoms with E-state index in [1.54, 1.807) is 60.7 Å². The summed E-state index contributed by atoms with van der Waals surface area (Å²) in [4.78, 5) is 24.3. The van der Waals surface area contributed by atoms with Gasteiger partial charge in [-0.3, -0.25) is 9.59 Å². The van der Waals surface area contributed by atoms with Crippen LogP contribution in [0.25, 0.3) is 0 Å². The molecule has 3 rings (SSSR count). The highest BCUT2D eigenvalue weighted by molar-refractivity contribution is 5.96. The first-order chi connectivity index (χ1) is 13.4. The maximum absolute atomic E-state index is 12.2. The third-order valence-electron chi connectivity index (χ3n) is 4.94. The zero-order valence-corrected chi connectivity index (χ0v) is 15.2. The molecule has 2 aromatic rings. The Hall–Kier alpha value is -2.58. The van der Waals surface area contributed by atoms with E-state index in [0.717, 1.165) is 0 Å². The number of ketones is 1. The number of carbonyl (C=O) groups excluding carboxylic acids is 2. The van der Waals surface area contributed by atoms with Gasteiger partial charge in [0.25, 0.3) is 5.91 Å². The van der Waals surface area contributed by atoms with Gasteiger partial charge in [0.05, 0.1) is 0 Å². The maximum Gasteiger partial charge on any atom is 0.251 e. The number of aliphatic hydroxyl groups excluding tert-OH is 2. The smallest absolute Gasteiger partial charge is 0.251 e. The Morgan fingerprint density at radius 3 is 2.14 bits per heavy atom. The summed E-state index contributed by atoms with van der Waals surface area (Å²) in [7, 11) is 0. The summed E-state index contributed by atoms with van der Waals surface area (Å²) in [6.45, 7) is -0.0963. The van der Waals surface area contributed by atoms with Gasteiger partial charge in [0.2, 0.25) is 0 Å². The van der Waals surface area contributed by atoms with E-state index < -0.39 is 24.1 Å². The van der Waals surface area contributed by atoms with Crippen molar-refractivity contribution in [1.29, 1.82) is 0 Å². The molecule has 148 valence electrons. The van der Waals surface area contributed by atoms with E-state index >= 15 is 0 Å². The third kappa shape index (κ3) is 4.28. The van der Waals surface area contributed by atoms with Crippen LogP contribution in [0.1, 0.15) is 33.6 Å². The van der Waals surface area contributed by atoms with Crippen molar-refractivity contribution < 1.29 is 29.6 Å². The second-order valence-corrected chi connectivity index (χ2v) is 6.83. The van der Waals surface area contributed by atoms with Gasteiger partial charge in [0, 0.05) is 24.1 Å². The van der Waals surface area contributed by atoms with E-state index in [0.29, 0.717) is 11.1 Å². The van der Waals surface area contributed by atoms with Crippen LogP contribution in [-0.2, 0) is 4.74 Å². The first-order valence-corrected chi connectivity index (χ1v) is 9.07. The number of benzene rings is 2. The molecule has 4 atom stereocenters. The molecule has 1 aliphatic heterocycles. The summed E-state index contributed by atoms with van der Waals surface area (Å²) < 4.78 is 5.24. The third-order valence-corrected chi connectivity index (χ3v) is 4.94. The summed E-state index contributed by atoms with van der Waals surface area (Å²) in [5.74, 6) is -0.574. The van der Waals surface area contributed by atoms with E-state index in [1.807, 2.05) is 0 Å². The molecule has 7 heteroatoms. The lowest BCUT2D eigenvalue weighted by molar-refractivity contribution is -0.177. The highest BCUT2D eigenvalue weighted by Crippen LogP contribution is 2.34. The molecule has 0 aliphatic carbocycles. The maximum atomic E-state index is 12.2. The van der Waals surface area contributed by atoms with Crippen molar-refractivity contribution in [3.05, 3.63) is 71.8 Å². The normalized spacial score (nSPS) is 26.8. The molecule has 1 unspecified atom stereocenters. The first-order valence-electron chi connectivity index (χ1n) is 9.07. The van der Waals surface area contributed by atoms with Gasteiger partial charge in [0.1, 0.15) is 17.8 Å². The minimum atomic E-state index is -1.99. The van der Waals surface area contributed by atoms with E-state index in [4.69, 9.17) is 4.74 Å². The number of aliphatic hydroxyl groups is 3. The predicted octanol–water partition coefficient (Wildman–Crippen LogP) is 0.889. The minimum absolute atomic E-state index is 0.0684. The molecule has 0 bridgehead atoms. The van der Waals surface area contributed by atoms with Crippen LogP contribution in [0.2, 0.25) is 0 Å². The summed E-state index contributed by atoms with van der Waals surface area (Å²) in [5, 5.41) is 33.8. The van der Waals surface area contributed by atoms with Crippen LogP contribution in [0.4, 0.5) is 0 Å². The highest BCUT2D eigenvalue weighted by atomic mass is 16.6. The number of rotatable bonds is 7. The van der Waals surface area contributed by atoms with Crippen molar-refractivity contribution in [2.45, 2.75) is 36.9 Å². The second kappa shape index (κ2) is 8.62. The molecule has 1 fully saturated rings. The average molecular weight is 385 g/mol. The number of carbonyl (C=O) groups is 2. The lowest BCUT2D eigenvalue weighted by Gasteiger charge is -2.28. The van der Waals surface area contributed by atoms with Crippen molar-refractivity contribution >= 4 is 11.7 Å². The van der Waals surface area contributed by atoms with Crippen molar-refractivity contribution in [2.24, 2.45) is 0 Å². The number of nitrogens with one attached hydrogen (secondary N) is 1. The Labute approximate surface area is 162 Å².